The summed E-state index contributed by atoms with van der Waals surface area (Å²) in [5, 5.41) is 35.8. The maximum absolute atomic E-state index is 14.8. The Kier molecular flexibility index (Phi) is 8.64. The minimum atomic E-state index is -2.11. The van der Waals surface area contributed by atoms with Gasteiger partial charge in [0.05, 0.1) is 35.7 Å². The van der Waals surface area contributed by atoms with E-state index < -0.39 is 82.2 Å². The van der Waals surface area contributed by atoms with E-state index >= 15 is 0 Å². The van der Waals surface area contributed by atoms with Crippen LogP contribution < -0.4 is 18.9 Å². The number of carbonyl (C=O) groups is 4. The van der Waals surface area contributed by atoms with Crippen LogP contribution in [0.5, 0.6) is 0 Å². The summed E-state index contributed by atoms with van der Waals surface area (Å²) in [6, 6.07) is 8.05. The van der Waals surface area contributed by atoms with Gasteiger partial charge in [0.15, 0.2) is 17.5 Å². The molecule has 0 amide bonds. The number of Topliss-reactive ketones (excluding diaryl/α,β-unsaturated/α-hetero) is 1. The van der Waals surface area contributed by atoms with Gasteiger partial charge in [-0.25, -0.2) is 4.79 Å². The van der Waals surface area contributed by atoms with E-state index in [1.165, 1.54) is 26.0 Å². The first kappa shape index (κ1) is 33.4. The molecule has 3 aliphatic carbocycles. The van der Waals surface area contributed by atoms with E-state index in [0.717, 1.165) is 6.92 Å². The number of aliphatic hydroxyl groups excluding tert-OH is 2. The number of fused-ring (bicyclic) bond motifs is 5. The van der Waals surface area contributed by atoms with Gasteiger partial charge < -0.3 is 34.3 Å². The van der Waals surface area contributed by atoms with E-state index in [9.17, 15) is 34.5 Å². The van der Waals surface area contributed by atoms with Gasteiger partial charge in [0.25, 0.3) is 0 Å². The molecule has 0 spiro atoms. The zero-order valence-corrected chi connectivity index (χ0v) is 25.6. The molecule has 2 bridgehead atoms. The van der Waals surface area contributed by atoms with Gasteiger partial charge in [0, 0.05) is 32.1 Å². The van der Waals surface area contributed by atoms with Crippen LogP contribution in [0.1, 0.15) is 64.7 Å². The normalized spacial score (nSPS) is 39.4. The van der Waals surface area contributed by atoms with E-state index in [1.807, 2.05) is 0 Å². The van der Waals surface area contributed by atoms with Crippen LogP contribution in [0.2, 0.25) is 0 Å². The molecule has 3 fully saturated rings. The Morgan fingerprint density at radius 1 is 1.00 bits per heavy atom. The summed E-state index contributed by atoms with van der Waals surface area (Å²) in [7, 11) is 0. The second kappa shape index (κ2) is 11.1. The maximum Gasteiger partial charge on any atom is 1.00 e. The molecule has 1 aromatic carbocycles. The summed E-state index contributed by atoms with van der Waals surface area (Å²) in [6.45, 7) is 8.42. The van der Waals surface area contributed by atoms with Crippen molar-refractivity contribution < 1.29 is 72.3 Å². The van der Waals surface area contributed by atoms with E-state index in [0.29, 0.717) is 5.57 Å². The van der Waals surface area contributed by atoms with Crippen molar-refractivity contribution in [2.24, 2.45) is 16.7 Å². The molecule has 228 valence electrons. The fraction of sp³-hybridized carbons (Fsp3) is 0.613. The van der Waals surface area contributed by atoms with Crippen LogP contribution in [0.25, 0.3) is 0 Å². The third kappa shape index (κ3) is 4.71. The molecular formula is C31H38LiO11+. The Hall–Kier alpha value is -2.52. The number of esters is 3. The predicted molar refractivity (Wildman–Crippen MR) is 145 cm³/mol. The largest absolute Gasteiger partial charge is 1.00 e. The van der Waals surface area contributed by atoms with Gasteiger partial charge in [-0.2, -0.15) is 0 Å². The predicted octanol–water partition coefficient (Wildman–Crippen LogP) is -1.34. The zero-order valence-electron chi connectivity index (χ0n) is 25.6. The Labute approximate surface area is 262 Å². The molecule has 1 heterocycles. The fourth-order valence-electron chi connectivity index (χ4n) is 7.91. The van der Waals surface area contributed by atoms with Crippen molar-refractivity contribution in [2.75, 3.05) is 6.61 Å². The summed E-state index contributed by atoms with van der Waals surface area (Å²) in [5.41, 5.74) is -6.38. The van der Waals surface area contributed by atoms with Crippen LogP contribution in [0.4, 0.5) is 0 Å². The van der Waals surface area contributed by atoms with Gasteiger partial charge >= 0.3 is 36.8 Å². The van der Waals surface area contributed by atoms with Crippen molar-refractivity contribution in [3.63, 3.8) is 0 Å². The minimum absolute atomic E-state index is 0. The molecule has 5 rings (SSSR count). The number of hydrogen-bond donors (Lipinski definition) is 3. The third-order valence-corrected chi connectivity index (χ3v) is 10.2. The molecule has 11 nitrogen and oxygen atoms in total. The number of ether oxygens (including phenoxy) is 4. The summed E-state index contributed by atoms with van der Waals surface area (Å²) in [4.78, 5) is 53.4. The molecule has 0 radical (unpaired) electrons. The van der Waals surface area contributed by atoms with Crippen LogP contribution in [0.15, 0.2) is 41.5 Å². The Morgan fingerprint density at radius 3 is 2.16 bits per heavy atom. The van der Waals surface area contributed by atoms with Gasteiger partial charge in [-0.1, -0.05) is 32.0 Å². The first-order chi connectivity index (χ1) is 19.5. The molecule has 0 aromatic heterocycles. The first-order valence-corrected chi connectivity index (χ1v) is 14.1. The summed E-state index contributed by atoms with van der Waals surface area (Å²) < 4.78 is 23.5. The number of hydrogen-bond acceptors (Lipinski definition) is 11. The van der Waals surface area contributed by atoms with E-state index in [1.54, 1.807) is 39.0 Å². The Bertz CT molecular complexity index is 1360. The number of carbonyl (C=O) groups excluding carboxylic acids is 4. The first-order valence-electron chi connectivity index (χ1n) is 14.1. The maximum atomic E-state index is 14.8. The summed E-state index contributed by atoms with van der Waals surface area (Å²) in [6.07, 6.45) is -7.27. The Balaban J connectivity index is 0.00000423. The van der Waals surface area contributed by atoms with Crippen molar-refractivity contribution in [3.8, 4) is 0 Å². The third-order valence-electron chi connectivity index (χ3n) is 10.2. The molecule has 2 unspecified atom stereocenters. The molecule has 2 saturated carbocycles. The molecule has 1 saturated heterocycles. The van der Waals surface area contributed by atoms with Crippen LogP contribution in [0, 0.1) is 16.7 Å². The summed E-state index contributed by atoms with van der Waals surface area (Å²) >= 11 is 0. The monoisotopic (exact) mass is 593 g/mol. The molecule has 4 aliphatic rings. The van der Waals surface area contributed by atoms with E-state index in [2.05, 4.69) is 0 Å². The number of aliphatic hydroxyl groups is 3. The van der Waals surface area contributed by atoms with E-state index in [-0.39, 0.29) is 49.4 Å². The number of benzene rings is 1. The van der Waals surface area contributed by atoms with Crippen LogP contribution in [-0.2, 0) is 33.3 Å². The second-order valence-electron chi connectivity index (χ2n) is 12.8. The topological polar surface area (TPSA) is 166 Å². The number of rotatable bonds is 4. The van der Waals surface area contributed by atoms with Crippen molar-refractivity contribution in [1.29, 1.82) is 0 Å². The Morgan fingerprint density at radius 2 is 1.63 bits per heavy atom. The molecule has 12 heteroatoms. The minimum Gasteiger partial charge on any atom is -0.455 e. The number of ketones is 1. The summed E-state index contributed by atoms with van der Waals surface area (Å²) in [5.74, 6) is -4.41. The van der Waals surface area contributed by atoms with Gasteiger partial charge in [0.1, 0.15) is 17.8 Å². The van der Waals surface area contributed by atoms with Crippen LogP contribution >= 0.6 is 0 Å². The molecule has 43 heavy (non-hydrogen) atoms. The fourth-order valence-corrected chi connectivity index (χ4v) is 7.91. The van der Waals surface area contributed by atoms with Gasteiger partial charge in [-0.3, -0.25) is 14.4 Å². The SMILES string of the molecule is CC(=O)O[C@H]1C(=O)[C@@]2(C)C(C(OC(=O)c3ccccc3)[C@]3(O)C[C@H](O)C(C)=C1C3(C)C)[C@]1(OC(C)=O)CO[C@@H]1C[C@@H]2O.[Li+]. The van der Waals surface area contributed by atoms with Crippen molar-refractivity contribution in [2.45, 2.75) is 96.1 Å². The van der Waals surface area contributed by atoms with Gasteiger partial charge in [0.2, 0.25) is 0 Å². The van der Waals surface area contributed by atoms with Crippen molar-refractivity contribution in [3.05, 3.63) is 47.0 Å². The standard InChI is InChI=1S/C31H38O11.Li/c1-15-19(34)13-31(38)26(41-27(37)18-10-8-7-9-11-18)24-29(6,20(35)12-21-30(24,14-39-21)42-17(3)33)25(36)23(40-16(2)32)22(15)28(31,4)5;/h7-11,19-21,23-24,26,34-35,38H,12-14H2,1-6H3;/q;+1/t19-,20-,21+,23+,24?,26?,29+,30-,31+;/m0./s1. The molecule has 1 aliphatic heterocycles. The molecule has 3 N–H and O–H groups in total. The quantitative estimate of drug-likeness (QED) is 0.164. The molecule has 9 atom stereocenters. The van der Waals surface area contributed by atoms with Crippen molar-refractivity contribution >= 4 is 23.7 Å². The van der Waals surface area contributed by atoms with Crippen LogP contribution in [-0.4, -0.2) is 87.3 Å². The average Bonchev–Trinajstić information content (AvgIpc) is 2.90. The molecule has 1 aromatic rings. The average molecular weight is 594 g/mol. The molecular weight excluding hydrogens is 555 g/mol. The van der Waals surface area contributed by atoms with Crippen molar-refractivity contribution in [1.82, 2.24) is 0 Å². The van der Waals surface area contributed by atoms with Crippen LogP contribution in [0.3, 0.4) is 0 Å². The second-order valence-corrected chi connectivity index (χ2v) is 12.8. The van der Waals surface area contributed by atoms with Gasteiger partial charge in [-0.15, -0.1) is 0 Å². The smallest absolute Gasteiger partial charge is 0.455 e. The van der Waals surface area contributed by atoms with Gasteiger partial charge in [-0.05, 0) is 37.1 Å². The van der Waals surface area contributed by atoms with E-state index in [4.69, 9.17) is 18.9 Å². The zero-order chi connectivity index (χ0) is 31.0.